The number of nitrogens with zero attached hydrogens (tertiary/aromatic N) is 2. The monoisotopic (exact) mass is 567 g/mol. The zero-order chi connectivity index (χ0) is 22.1. The summed E-state index contributed by atoms with van der Waals surface area (Å²) in [6.45, 7) is 0.521. The van der Waals surface area contributed by atoms with E-state index in [4.69, 9.17) is 0 Å². The van der Waals surface area contributed by atoms with Gasteiger partial charge in [0.1, 0.15) is 24.2 Å². The molecule has 8 heteroatoms. The van der Waals surface area contributed by atoms with E-state index in [0.29, 0.717) is 5.82 Å². The van der Waals surface area contributed by atoms with Gasteiger partial charge in [-0.25, -0.2) is 4.98 Å². The summed E-state index contributed by atoms with van der Waals surface area (Å²) in [6, 6.07) is 14.3. The van der Waals surface area contributed by atoms with Crippen molar-refractivity contribution in [3.63, 3.8) is 0 Å². The van der Waals surface area contributed by atoms with E-state index in [1.807, 2.05) is 36.4 Å². The van der Waals surface area contributed by atoms with Gasteiger partial charge in [0.15, 0.2) is 0 Å². The quantitative estimate of drug-likeness (QED) is 0.256. The van der Waals surface area contributed by atoms with Crippen LogP contribution in [0.5, 0.6) is 5.75 Å². The molecule has 33 heavy (non-hydrogen) atoms. The Morgan fingerprint density at radius 1 is 1.06 bits per heavy atom. The van der Waals surface area contributed by atoms with Crippen molar-refractivity contribution in [2.45, 2.75) is 25.5 Å². The minimum absolute atomic E-state index is 0. The Bertz CT molecular complexity index is 1050. The third-order valence-electron chi connectivity index (χ3n) is 4.77. The number of aromatic nitrogens is 2. The predicted molar refractivity (Wildman–Crippen MR) is 123 cm³/mol. The summed E-state index contributed by atoms with van der Waals surface area (Å²) in [7, 11) is 0. The molecule has 0 spiro atoms. The number of rotatable bonds is 4. The van der Waals surface area contributed by atoms with Crippen LogP contribution in [0.15, 0.2) is 60.9 Å². The Labute approximate surface area is 253 Å². The van der Waals surface area contributed by atoms with E-state index in [-0.39, 0.29) is 101 Å². The van der Waals surface area contributed by atoms with E-state index < -0.39 is 6.04 Å². The molecule has 0 bridgehead atoms. The molecule has 4 rings (SSSR count). The average molecular weight is 567 g/mol. The van der Waals surface area contributed by atoms with Crippen LogP contribution in [0.3, 0.4) is 0 Å². The predicted octanol–water partition coefficient (Wildman–Crippen LogP) is -0.316. The van der Waals surface area contributed by atoms with Crippen LogP contribution >= 0.6 is 0 Å². The summed E-state index contributed by atoms with van der Waals surface area (Å²) in [5.41, 5.74) is 2.87. The summed E-state index contributed by atoms with van der Waals surface area (Å²) in [4.78, 5) is 14.2. The van der Waals surface area contributed by atoms with E-state index in [9.17, 15) is 20.1 Å². The van der Waals surface area contributed by atoms with Crippen LogP contribution < -0.4 is 74.2 Å². The second kappa shape index (κ2) is 15.4. The maximum absolute atomic E-state index is 10.1. The number of amides is 1. The topological polar surface area (TPSA) is 108 Å². The largest absolute Gasteiger partial charge is 1.00 e. The number of carbonyl (C=O) groups excluding carboxylic acids is 1. The number of benzene rings is 2. The fraction of sp³-hybridized carbons (Fsp3) is 0.240. The number of aliphatic hydroxyl groups excluding tert-OH is 2. The van der Waals surface area contributed by atoms with Crippen LogP contribution in [0.1, 0.15) is 30.3 Å². The van der Waals surface area contributed by atoms with Crippen molar-refractivity contribution < 1.29 is 89.0 Å². The van der Waals surface area contributed by atoms with Gasteiger partial charge >= 0.3 is 68.9 Å². The zero-order valence-corrected chi connectivity index (χ0v) is 25.3. The van der Waals surface area contributed by atoms with E-state index in [2.05, 4.69) is 22.1 Å². The van der Waals surface area contributed by atoms with E-state index >= 15 is 0 Å². The van der Waals surface area contributed by atoms with E-state index in [1.54, 1.807) is 29.1 Å². The van der Waals surface area contributed by atoms with E-state index in [1.165, 1.54) is 0 Å². The first-order valence-corrected chi connectivity index (χ1v) is 10.0. The standard InChI is InChI=1S/C20H18N2O3.C4H7NO.CH3.Cs/c23-13-18(22-12-11-21-20(22)14-24)8-3-15-1-4-16(5-2-15)17-6-9-19(25)10-7-17;6-4-2-1-3-5-4;;/h1-2,4-7,9-12,18,23-25H,13-14H2;1-3H2,(H,5,6);1H3;/q;;-1;+1. The van der Waals surface area contributed by atoms with Crippen molar-refractivity contribution in [2.24, 2.45) is 0 Å². The Morgan fingerprint density at radius 3 is 2.18 bits per heavy atom. The molecule has 1 amide bonds. The molecule has 2 aromatic carbocycles. The first kappa shape index (κ1) is 29.5. The molecular weight excluding hydrogens is 539 g/mol. The Kier molecular flexibility index (Phi) is 13.7. The molecule has 1 unspecified atom stereocenters. The number of phenols is 1. The second-order valence-corrected chi connectivity index (χ2v) is 6.95. The number of nitrogens with one attached hydrogen (secondary N) is 1. The van der Waals surface area contributed by atoms with Crippen LogP contribution in [0.2, 0.25) is 0 Å². The summed E-state index contributed by atoms with van der Waals surface area (Å²) in [5.74, 6) is 6.96. The molecule has 1 saturated heterocycles. The van der Waals surface area contributed by atoms with Crippen molar-refractivity contribution in [1.82, 2.24) is 14.9 Å². The molecule has 0 aliphatic carbocycles. The van der Waals surface area contributed by atoms with Crippen molar-refractivity contribution in [1.29, 1.82) is 0 Å². The normalized spacial score (nSPS) is 12.6. The van der Waals surface area contributed by atoms with Gasteiger partial charge in [0.2, 0.25) is 5.91 Å². The molecule has 4 N–H and O–H groups in total. The molecule has 3 aromatic rings. The summed E-state index contributed by atoms with van der Waals surface area (Å²) in [6.07, 6.45) is 5.02. The van der Waals surface area contributed by atoms with Gasteiger partial charge in [-0.1, -0.05) is 36.1 Å². The van der Waals surface area contributed by atoms with Gasteiger partial charge < -0.3 is 32.6 Å². The summed E-state index contributed by atoms with van der Waals surface area (Å²) < 4.78 is 1.66. The van der Waals surface area contributed by atoms with Crippen LogP contribution in [-0.4, -0.2) is 43.9 Å². The van der Waals surface area contributed by atoms with E-state index in [0.717, 1.165) is 36.1 Å². The van der Waals surface area contributed by atoms with Crippen molar-refractivity contribution in [2.75, 3.05) is 13.2 Å². The third-order valence-corrected chi connectivity index (χ3v) is 4.77. The zero-order valence-electron chi connectivity index (χ0n) is 19.0. The first-order valence-electron chi connectivity index (χ1n) is 10.0. The Hall–Kier alpha value is -1.55. The van der Waals surface area contributed by atoms with Crippen molar-refractivity contribution in [3.8, 4) is 28.7 Å². The van der Waals surface area contributed by atoms with Gasteiger partial charge in [-0.2, -0.15) is 0 Å². The number of carbonyl (C=O) groups is 1. The van der Waals surface area contributed by atoms with Gasteiger partial charge in [-0.3, -0.25) is 4.79 Å². The van der Waals surface area contributed by atoms with Crippen LogP contribution in [0.25, 0.3) is 11.1 Å². The van der Waals surface area contributed by atoms with Crippen LogP contribution in [0, 0.1) is 19.3 Å². The maximum atomic E-state index is 10.1. The molecule has 0 radical (unpaired) electrons. The molecule has 168 valence electrons. The molecular formula is C25H28CsN3O4. The molecule has 7 nitrogen and oxygen atoms in total. The minimum atomic E-state index is -0.457. The number of phenolic OH excluding ortho intramolecular Hbond substituents is 1. The number of aromatic hydroxyl groups is 1. The van der Waals surface area contributed by atoms with Gasteiger partial charge in [-0.15, -0.1) is 0 Å². The second-order valence-electron chi connectivity index (χ2n) is 6.95. The van der Waals surface area contributed by atoms with Gasteiger partial charge in [0.25, 0.3) is 0 Å². The van der Waals surface area contributed by atoms with Crippen molar-refractivity contribution in [3.05, 3.63) is 79.7 Å². The third kappa shape index (κ3) is 8.96. The number of hydrogen-bond donors (Lipinski definition) is 4. The van der Waals surface area contributed by atoms with Crippen LogP contribution in [0.4, 0.5) is 0 Å². The number of hydrogen-bond acceptors (Lipinski definition) is 5. The summed E-state index contributed by atoms with van der Waals surface area (Å²) >= 11 is 0. The first-order chi connectivity index (χ1) is 15.1. The Morgan fingerprint density at radius 2 is 1.70 bits per heavy atom. The molecule has 1 aromatic heterocycles. The SMILES string of the molecule is O=C1CCCN1.OCc1nccn1C(C#Cc1ccc(-c2ccc(O)cc2)cc1)CO.[CH3-].[Cs+]. The maximum Gasteiger partial charge on any atom is 1.00 e. The van der Waals surface area contributed by atoms with Crippen LogP contribution in [-0.2, 0) is 11.4 Å². The molecule has 1 fully saturated rings. The van der Waals surface area contributed by atoms with Gasteiger partial charge in [-0.05, 0) is 41.8 Å². The summed E-state index contributed by atoms with van der Waals surface area (Å²) in [5, 5.41) is 30.9. The molecule has 2 heterocycles. The molecule has 1 aliphatic rings. The van der Waals surface area contributed by atoms with Gasteiger partial charge in [0.05, 0.1) is 6.61 Å². The Balaban J connectivity index is 0.000000594. The van der Waals surface area contributed by atoms with Crippen molar-refractivity contribution >= 4 is 5.91 Å². The smallest absolute Gasteiger partial charge is 0.508 e. The number of aliphatic hydroxyl groups is 2. The van der Waals surface area contributed by atoms with Gasteiger partial charge in [0, 0.05) is 30.9 Å². The molecule has 1 aliphatic heterocycles. The molecule has 1 atom stereocenters. The number of imidazole rings is 1. The minimum Gasteiger partial charge on any atom is -0.508 e. The fourth-order valence-electron chi connectivity index (χ4n) is 3.08. The average Bonchev–Trinajstić information content (AvgIpc) is 3.47. The molecule has 0 saturated carbocycles. The fourth-order valence-corrected chi connectivity index (χ4v) is 3.08.